The monoisotopic (exact) mass is 293 g/mol. The molecule has 1 aromatic rings. The van der Waals surface area contributed by atoms with Crippen LogP contribution >= 0.6 is 0 Å². The highest BCUT2D eigenvalue weighted by molar-refractivity contribution is 5.94. The smallest absolute Gasteiger partial charge is 0.329 e. The summed E-state index contributed by atoms with van der Waals surface area (Å²) >= 11 is 0. The van der Waals surface area contributed by atoms with E-state index < -0.39 is 5.97 Å². The Morgan fingerprint density at radius 1 is 1.43 bits per heavy atom. The van der Waals surface area contributed by atoms with Crippen molar-refractivity contribution in [2.45, 2.75) is 25.5 Å². The van der Waals surface area contributed by atoms with Crippen LogP contribution in [0.4, 0.5) is 0 Å². The van der Waals surface area contributed by atoms with Crippen molar-refractivity contribution in [1.82, 2.24) is 9.88 Å². The molecule has 0 unspecified atom stereocenters. The van der Waals surface area contributed by atoms with E-state index in [4.69, 9.17) is 15.6 Å². The SMILES string of the molecule is NCc1cc(C(=O)N2CCC(OCC(=O)O)CC2)ccn1. The molecular weight excluding hydrogens is 274 g/mol. The highest BCUT2D eigenvalue weighted by Gasteiger charge is 2.24. The Morgan fingerprint density at radius 3 is 2.76 bits per heavy atom. The number of hydrogen-bond acceptors (Lipinski definition) is 5. The van der Waals surface area contributed by atoms with Gasteiger partial charge in [0.15, 0.2) is 0 Å². The number of rotatable bonds is 5. The number of amides is 1. The van der Waals surface area contributed by atoms with E-state index in [1.807, 2.05) is 0 Å². The molecular formula is C14H19N3O4. The number of nitrogens with zero attached hydrogens (tertiary/aromatic N) is 2. The fourth-order valence-electron chi connectivity index (χ4n) is 2.32. The van der Waals surface area contributed by atoms with Crippen molar-refractivity contribution in [3.8, 4) is 0 Å². The second-order valence-electron chi connectivity index (χ2n) is 4.94. The maximum atomic E-state index is 12.4. The molecule has 3 N–H and O–H groups in total. The largest absolute Gasteiger partial charge is 0.480 e. The van der Waals surface area contributed by atoms with E-state index >= 15 is 0 Å². The van der Waals surface area contributed by atoms with Gasteiger partial charge in [0.25, 0.3) is 5.91 Å². The molecule has 1 aliphatic rings. The summed E-state index contributed by atoms with van der Waals surface area (Å²) < 4.78 is 5.25. The van der Waals surface area contributed by atoms with Crippen LogP contribution in [0.1, 0.15) is 28.9 Å². The number of carboxylic acids is 1. The Morgan fingerprint density at radius 2 is 2.14 bits per heavy atom. The molecule has 0 aromatic carbocycles. The van der Waals surface area contributed by atoms with Crippen molar-refractivity contribution in [2.24, 2.45) is 5.73 Å². The van der Waals surface area contributed by atoms with Gasteiger partial charge in [0.1, 0.15) is 6.61 Å². The number of pyridine rings is 1. The van der Waals surface area contributed by atoms with Crippen molar-refractivity contribution in [3.63, 3.8) is 0 Å². The molecule has 1 fully saturated rings. The number of carbonyl (C=O) groups is 2. The number of likely N-dealkylation sites (tertiary alicyclic amines) is 1. The minimum atomic E-state index is -0.973. The van der Waals surface area contributed by atoms with Crippen molar-refractivity contribution in [1.29, 1.82) is 0 Å². The van der Waals surface area contributed by atoms with E-state index in [2.05, 4.69) is 4.98 Å². The van der Waals surface area contributed by atoms with Crippen LogP contribution in [0.15, 0.2) is 18.3 Å². The molecule has 1 aliphatic heterocycles. The highest BCUT2D eigenvalue weighted by atomic mass is 16.5. The maximum Gasteiger partial charge on any atom is 0.329 e. The third kappa shape index (κ3) is 4.24. The fraction of sp³-hybridized carbons (Fsp3) is 0.500. The third-order valence-electron chi connectivity index (χ3n) is 3.44. The Labute approximate surface area is 122 Å². The van der Waals surface area contributed by atoms with Crippen LogP contribution in [0.5, 0.6) is 0 Å². The van der Waals surface area contributed by atoms with Gasteiger partial charge in [0.2, 0.25) is 0 Å². The molecule has 0 radical (unpaired) electrons. The average Bonchev–Trinajstić information content (AvgIpc) is 2.52. The molecule has 0 saturated carbocycles. The lowest BCUT2D eigenvalue weighted by molar-refractivity contribution is -0.145. The van der Waals surface area contributed by atoms with E-state index in [9.17, 15) is 9.59 Å². The summed E-state index contributed by atoms with van der Waals surface area (Å²) in [6.45, 7) is 1.13. The predicted octanol–water partition coefficient (Wildman–Crippen LogP) is 0.246. The predicted molar refractivity (Wildman–Crippen MR) is 74.6 cm³/mol. The summed E-state index contributed by atoms with van der Waals surface area (Å²) in [5, 5.41) is 8.58. The second-order valence-corrected chi connectivity index (χ2v) is 4.94. The van der Waals surface area contributed by atoms with Crippen LogP contribution in [0.2, 0.25) is 0 Å². The molecule has 1 amide bonds. The van der Waals surface area contributed by atoms with Gasteiger partial charge in [-0.3, -0.25) is 9.78 Å². The molecule has 2 heterocycles. The number of carbonyl (C=O) groups excluding carboxylic acids is 1. The Kier molecular flexibility index (Phi) is 5.24. The van der Waals surface area contributed by atoms with Gasteiger partial charge in [-0.1, -0.05) is 0 Å². The van der Waals surface area contributed by atoms with Crippen molar-refractivity contribution < 1.29 is 19.4 Å². The lowest BCUT2D eigenvalue weighted by Crippen LogP contribution is -2.41. The van der Waals surface area contributed by atoms with Crippen molar-refractivity contribution >= 4 is 11.9 Å². The molecule has 7 heteroatoms. The van der Waals surface area contributed by atoms with Crippen LogP contribution in [-0.4, -0.2) is 52.7 Å². The van der Waals surface area contributed by atoms with Crippen molar-refractivity contribution in [2.75, 3.05) is 19.7 Å². The standard InChI is InChI=1S/C14H19N3O4/c15-8-11-7-10(1-4-16-11)14(20)17-5-2-12(3-6-17)21-9-13(18)19/h1,4,7,12H,2-3,5-6,8-9,15H2,(H,18,19). The van der Waals surface area contributed by atoms with Gasteiger partial charge in [0, 0.05) is 31.4 Å². The first-order chi connectivity index (χ1) is 10.1. The number of piperidine rings is 1. The van der Waals surface area contributed by atoms with Gasteiger partial charge in [0.05, 0.1) is 11.8 Å². The van der Waals surface area contributed by atoms with Crippen LogP contribution in [0.3, 0.4) is 0 Å². The molecule has 0 aliphatic carbocycles. The first-order valence-corrected chi connectivity index (χ1v) is 6.88. The van der Waals surface area contributed by atoms with Gasteiger partial charge in [-0.15, -0.1) is 0 Å². The number of nitrogens with two attached hydrogens (primary N) is 1. The zero-order valence-electron chi connectivity index (χ0n) is 11.7. The first-order valence-electron chi connectivity index (χ1n) is 6.88. The number of carboxylic acid groups (broad SMARTS) is 1. The fourth-order valence-corrected chi connectivity index (χ4v) is 2.32. The summed E-state index contributed by atoms with van der Waals surface area (Å²) in [7, 11) is 0. The summed E-state index contributed by atoms with van der Waals surface area (Å²) in [4.78, 5) is 28.6. The molecule has 21 heavy (non-hydrogen) atoms. The van der Waals surface area contributed by atoms with E-state index in [1.165, 1.54) is 0 Å². The molecule has 0 bridgehead atoms. The quantitative estimate of drug-likeness (QED) is 0.806. The van der Waals surface area contributed by atoms with Gasteiger partial charge < -0.3 is 20.5 Å². The van der Waals surface area contributed by atoms with E-state index in [0.717, 1.165) is 0 Å². The van der Waals surface area contributed by atoms with Crippen LogP contribution in [0.25, 0.3) is 0 Å². The van der Waals surface area contributed by atoms with Gasteiger partial charge >= 0.3 is 5.97 Å². The molecule has 0 spiro atoms. The molecule has 0 atom stereocenters. The topological polar surface area (TPSA) is 106 Å². The lowest BCUT2D eigenvalue weighted by Gasteiger charge is -2.31. The Hall–Kier alpha value is -1.99. The highest BCUT2D eigenvalue weighted by Crippen LogP contribution is 2.16. The number of hydrogen-bond donors (Lipinski definition) is 2. The average molecular weight is 293 g/mol. The Balaban J connectivity index is 1.89. The summed E-state index contributed by atoms with van der Waals surface area (Å²) in [6.07, 6.45) is 2.78. The molecule has 7 nitrogen and oxygen atoms in total. The van der Waals surface area contributed by atoms with Crippen molar-refractivity contribution in [3.05, 3.63) is 29.6 Å². The van der Waals surface area contributed by atoms with Gasteiger partial charge in [-0.25, -0.2) is 4.79 Å². The summed E-state index contributed by atoms with van der Waals surface area (Å²) in [6, 6.07) is 3.38. The first kappa shape index (κ1) is 15.4. The van der Waals surface area contributed by atoms with E-state index in [-0.39, 0.29) is 18.6 Å². The van der Waals surface area contributed by atoms with E-state index in [0.29, 0.717) is 43.7 Å². The zero-order valence-corrected chi connectivity index (χ0v) is 11.7. The van der Waals surface area contributed by atoms with Crippen LogP contribution in [0, 0.1) is 0 Å². The number of aliphatic carboxylic acids is 1. The van der Waals surface area contributed by atoms with Gasteiger partial charge in [-0.05, 0) is 25.0 Å². The number of ether oxygens (including phenoxy) is 1. The van der Waals surface area contributed by atoms with Crippen LogP contribution < -0.4 is 5.73 Å². The zero-order chi connectivity index (χ0) is 15.2. The summed E-state index contributed by atoms with van der Waals surface area (Å²) in [5.74, 6) is -1.02. The molecule has 114 valence electrons. The van der Waals surface area contributed by atoms with E-state index in [1.54, 1.807) is 23.2 Å². The molecule has 1 saturated heterocycles. The van der Waals surface area contributed by atoms with Crippen LogP contribution in [-0.2, 0) is 16.1 Å². The normalized spacial score (nSPS) is 16.0. The third-order valence-corrected chi connectivity index (χ3v) is 3.44. The second kappa shape index (κ2) is 7.14. The maximum absolute atomic E-state index is 12.4. The minimum Gasteiger partial charge on any atom is -0.480 e. The molecule has 1 aromatic heterocycles. The number of aromatic nitrogens is 1. The summed E-state index contributed by atoms with van der Waals surface area (Å²) in [5.41, 5.74) is 6.78. The minimum absolute atomic E-state index is 0.0521. The molecule has 2 rings (SSSR count). The Bertz CT molecular complexity index is 513. The lowest BCUT2D eigenvalue weighted by atomic mass is 10.1. The van der Waals surface area contributed by atoms with Gasteiger partial charge in [-0.2, -0.15) is 0 Å².